The smallest absolute Gasteiger partial charge is 0.493 e. The number of aryl methyl sites for hydroxylation is 4. The molecule has 0 aromatic heterocycles. The molecule has 0 amide bonds. The van der Waals surface area contributed by atoms with Gasteiger partial charge in [0.25, 0.3) is 0 Å². The van der Waals surface area contributed by atoms with Gasteiger partial charge in [-0.25, -0.2) is 4.70 Å². The third-order valence-electron chi connectivity index (χ3n) is 14.9. The molecular weight excluding hydrogens is 975 g/mol. The molecule has 0 N–H and O–H groups in total. The van der Waals surface area contributed by atoms with E-state index in [1.807, 2.05) is 36.4 Å². The zero-order chi connectivity index (χ0) is 52.2. The standard InChI is InChI=1S/C54H88N2.2C8H9.Pd/c1-9-17-25-31-43-39-47(40-44(32-26-18-10-2)49(43)37-29-21-13-5)53-51(35-23-15-7)52(36-24-16-8)54(56(53)55)48-41-45(33-27-19-11-3)50(38-30-22-14-6)46(42-48)34-28-20-12-4;2*1-2-8-6-4-3-5-7-8;/h39-42H,9-38H2,1-8H3;2*3-7H,1-2H2;/q;2*-1;+2. The quantitative estimate of drug-likeness (QED) is 0.0193. The number of unbranched alkanes of at least 4 members (excludes halogenated alkanes) is 14. The summed E-state index contributed by atoms with van der Waals surface area (Å²) in [6, 6.07) is 30.6. The van der Waals surface area contributed by atoms with Crippen LogP contribution < -0.4 is 0 Å². The van der Waals surface area contributed by atoms with Crippen molar-refractivity contribution in [3.8, 4) is 0 Å². The van der Waals surface area contributed by atoms with Crippen LogP contribution in [-0.4, -0.2) is 4.70 Å². The predicted octanol–water partition coefficient (Wildman–Crippen LogP) is 21.8. The van der Waals surface area contributed by atoms with Crippen LogP contribution in [0.4, 0.5) is 0 Å². The molecule has 0 atom stereocenters. The number of hydrogen-bond acceptors (Lipinski definition) is 0. The first-order valence-electron chi connectivity index (χ1n) is 30.2. The molecule has 0 saturated carbocycles. The van der Waals surface area contributed by atoms with E-state index in [9.17, 15) is 5.53 Å². The Morgan fingerprint density at radius 2 is 0.603 bits per heavy atom. The van der Waals surface area contributed by atoms with E-state index in [0.717, 1.165) is 88.4 Å². The topological polar surface area (TPSA) is 25.3 Å². The fourth-order valence-electron chi connectivity index (χ4n) is 10.5. The molecule has 406 valence electrons. The van der Waals surface area contributed by atoms with E-state index >= 15 is 0 Å². The van der Waals surface area contributed by atoms with Crippen molar-refractivity contribution in [1.29, 1.82) is 0 Å². The summed E-state index contributed by atoms with van der Waals surface area (Å²) in [5.74, 6) is 0. The molecule has 4 aromatic carbocycles. The number of benzene rings is 4. The first kappa shape index (κ1) is 65.7. The van der Waals surface area contributed by atoms with E-state index in [0.29, 0.717) is 0 Å². The van der Waals surface area contributed by atoms with Crippen molar-refractivity contribution in [3.05, 3.63) is 171 Å². The van der Waals surface area contributed by atoms with Gasteiger partial charge in [-0.15, -0.1) is 0 Å². The molecule has 0 saturated heterocycles. The van der Waals surface area contributed by atoms with Crippen molar-refractivity contribution in [3.63, 3.8) is 0 Å². The summed E-state index contributed by atoms with van der Waals surface area (Å²) < 4.78 is 1.73. The van der Waals surface area contributed by atoms with Crippen LogP contribution in [0.3, 0.4) is 0 Å². The van der Waals surface area contributed by atoms with Crippen molar-refractivity contribution in [2.45, 2.75) is 261 Å². The minimum Gasteiger partial charge on any atom is -0.493 e. The largest absolute Gasteiger partial charge is 2.00 e. The monoisotopic (exact) mass is 1080 g/mol. The van der Waals surface area contributed by atoms with Gasteiger partial charge < -0.3 is 19.4 Å². The Hall–Kier alpha value is -3.38. The zero-order valence-corrected chi connectivity index (χ0v) is 49.9. The summed E-state index contributed by atoms with van der Waals surface area (Å²) in [6.45, 7) is 26.1. The zero-order valence-electron chi connectivity index (χ0n) is 48.3. The molecule has 1 heterocycles. The van der Waals surface area contributed by atoms with E-state index in [4.69, 9.17) is 0 Å². The fraction of sp³-hybridized carbons (Fsp3) is 0.571. The third-order valence-corrected chi connectivity index (χ3v) is 14.9. The van der Waals surface area contributed by atoms with Crippen molar-refractivity contribution in [2.24, 2.45) is 0 Å². The molecule has 1 aliphatic heterocycles. The molecule has 4 aromatic rings. The molecule has 0 bridgehead atoms. The second kappa shape index (κ2) is 40.9. The summed E-state index contributed by atoms with van der Waals surface area (Å²) in [7, 11) is 0. The molecule has 0 radical (unpaired) electrons. The summed E-state index contributed by atoms with van der Waals surface area (Å²) in [4.78, 5) is 0. The summed E-state index contributed by atoms with van der Waals surface area (Å²) in [5, 5.41) is 0. The molecule has 3 heteroatoms. The molecule has 2 nitrogen and oxygen atoms in total. The van der Waals surface area contributed by atoms with Gasteiger partial charge in [0.05, 0.1) is 0 Å². The van der Waals surface area contributed by atoms with E-state index in [1.54, 1.807) is 38.1 Å². The molecule has 0 spiro atoms. The molecule has 73 heavy (non-hydrogen) atoms. The van der Waals surface area contributed by atoms with Crippen LogP contribution >= 0.6 is 0 Å². The second-order valence-corrected chi connectivity index (χ2v) is 20.9. The summed E-state index contributed by atoms with van der Waals surface area (Å²) in [6.07, 6.45) is 38.2. The molecule has 5 rings (SSSR count). The summed E-state index contributed by atoms with van der Waals surface area (Å²) >= 11 is 0. The Bertz CT molecular complexity index is 1910. The van der Waals surface area contributed by atoms with E-state index in [1.165, 1.54) is 162 Å². The van der Waals surface area contributed by atoms with Crippen molar-refractivity contribution < 1.29 is 25.1 Å². The van der Waals surface area contributed by atoms with E-state index < -0.39 is 0 Å². The van der Waals surface area contributed by atoms with Crippen LogP contribution in [0.1, 0.15) is 265 Å². The predicted molar refractivity (Wildman–Crippen MR) is 320 cm³/mol. The number of hydrogen-bond donors (Lipinski definition) is 0. The van der Waals surface area contributed by atoms with Gasteiger partial charge in [-0.2, -0.15) is 12.8 Å². The Morgan fingerprint density at radius 1 is 0.342 bits per heavy atom. The van der Waals surface area contributed by atoms with Crippen LogP contribution in [-0.2, 0) is 71.8 Å². The van der Waals surface area contributed by atoms with Gasteiger partial charge in [-0.1, -0.05) is 217 Å². The van der Waals surface area contributed by atoms with Crippen LogP contribution in [0.5, 0.6) is 0 Å². The average molecular weight is 1080 g/mol. The molecular formula is C70H106N2Pd. The Balaban J connectivity index is 0.000000902. The number of nitrogens with zero attached hydrogens (tertiary/aromatic N) is 2. The first-order chi connectivity index (χ1) is 35.3. The van der Waals surface area contributed by atoms with Gasteiger partial charge in [0, 0.05) is 22.3 Å². The van der Waals surface area contributed by atoms with Gasteiger partial charge in [0.1, 0.15) is 0 Å². The Labute approximate surface area is 465 Å². The maximum Gasteiger partial charge on any atom is 2.00 e. The summed E-state index contributed by atoms with van der Waals surface area (Å²) in [5.41, 5.74) is 32.6. The molecule has 0 aliphatic carbocycles. The van der Waals surface area contributed by atoms with Gasteiger partial charge >= 0.3 is 20.4 Å². The average Bonchev–Trinajstić information content (AvgIpc) is 3.69. The molecule has 0 unspecified atom stereocenters. The first-order valence-corrected chi connectivity index (χ1v) is 30.2. The molecule has 1 aliphatic rings. The van der Waals surface area contributed by atoms with Crippen LogP contribution in [0, 0.1) is 13.8 Å². The van der Waals surface area contributed by atoms with Crippen molar-refractivity contribution >= 4 is 11.4 Å². The van der Waals surface area contributed by atoms with E-state index in [2.05, 4.69) is 118 Å². The second-order valence-electron chi connectivity index (χ2n) is 20.9. The van der Waals surface area contributed by atoms with E-state index in [-0.39, 0.29) is 20.4 Å². The maximum atomic E-state index is 12.9. The number of allylic oxidation sites excluding steroid dienone is 2. The SMILES string of the molecule is CCCCCc1cc(C2=C(CCCC)C(CCCC)=C(c3cc(CCCCC)c(CCCCC)c(CCCCC)c3)[N+]2=[N-])cc(CCCCC)c1CCCCC.[CH2-]Cc1ccccc1.[CH2-]Cc1ccccc1.[Pd+2]. The Kier molecular flexibility index (Phi) is 36.8. The number of rotatable bonds is 34. The van der Waals surface area contributed by atoms with Gasteiger partial charge in [-0.3, -0.25) is 0 Å². The fourth-order valence-corrected chi connectivity index (χ4v) is 10.5. The Morgan fingerprint density at radius 3 is 0.836 bits per heavy atom. The van der Waals surface area contributed by atoms with Crippen molar-refractivity contribution in [1.82, 2.24) is 0 Å². The van der Waals surface area contributed by atoms with Gasteiger partial charge in [0.15, 0.2) is 0 Å². The minimum absolute atomic E-state index is 0. The van der Waals surface area contributed by atoms with Crippen molar-refractivity contribution in [2.75, 3.05) is 0 Å². The normalized spacial score (nSPS) is 12.2. The maximum absolute atomic E-state index is 12.9. The van der Waals surface area contributed by atoms with Crippen LogP contribution in [0.2, 0.25) is 0 Å². The minimum atomic E-state index is 0. The van der Waals surface area contributed by atoms with Gasteiger partial charge in [-0.05, 0) is 160 Å². The third kappa shape index (κ3) is 23.2. The van der Waals surface area contributed by atoms with Crippen LogP contribution in [0.25, 0.3) is 16.9 Å². The molecule has 0 fully saturated rings. The van der Waals surface area contributed by atoms with Gasteiger partial charge in [0.2, 0.25) is 11.4 Å². The van der Waals surface area contributed by atoms with Crippen LogP contribution in [0.15, 0.2) is 96.1 Å².